The van der Waals surface area contributed by atoms with E-state index in [4.69, 9.17) is 9.47 Å². The predicted octanol–water partition coefficient (Wildman–Crippen LogP) is 2.39. The zero-order chi connectivity index (χ0) is 15.3. The van der Waals surface area contributed by atoms with Crippen molar-refractivity contribution in [3.8, 4) is 0 Å². The van der Waals surface area contributed by atoms with Gasteiger partial charge in [0.25, 0.3) is 0 Å². The fraction of sp³-hybridized carbons (Fsp3) is 0.688. The molecule has 1 rings (SSSR count). The van der Waals surface area contributed by atoms with E-state index in [1.807, 2.05) is 6.07 Å². The van der Waals surface area contributed by atoms with E-state index in [9.17, 15) is 0 Å². The number of nitrogens with zero attached hydrogens (tertiary/aromatic N) is 2. The van der Waals surface area contributed by atoms with E-state index in [-0.39, 0.29) is 0 Å². The van der Waals surface area contributed by atoms with Crippen LogP contribution in [0, 0.1) is 0 Å². The van der Waals surface area contributed by atoms with Crippen LogP contribution >= 0.6 is 0 Å². The Morgan fingerprint density at radius 1 is 1.14 bits per heavy atom. The summed E-state index contributed by atoms with van der Waals surface area (Å²) in [7, 11) is 3.48. The average Bonchev–Trinajstić information content (AvgIpc) is 2.51. The average molecular weight is 295 g/mol. The van der Waals surface area contributed by atoms with Gasteiger partial charge in [-0.05, 0) is 25.0 Å². The van der Waals surface area contributed by atoms with Crippen LogP contribution in [0.1, 0.15) is 25.5 Å². The van der Waals surface area contributed by atoms with Gasteiger partial charge in [0, 0.05) is 47.0 Å². The molecule has 0 aliphatic rings. The lowest BCUT2D eigenvalue weighted by molar-refractivity contribution is 0.128. The molecular formula is C16H29N3O2. The van der Waals surface area contributed by atoms with Crippen LogP contribution in [-0.4, -0.2) is 57.0 Å². The number of nitrogens with one attached hydrogen (secondary N) is 1. The fourth-order valence-electron chi connectivity index (χ4n) is 2.07. The van der Waals surface area contributed by atoms with E-state index in [0.29, 0.717) is 0 Å². The molecule has 0 bridgehead atoms. The van der Waals surface area contributed by atoms with Gasteiger partial charge in [-0.3, -0.25) is 4.90 Å². The summed E-state index contributed by atoms with van der Waals surface area (Å²) in [6, 6.07) is 6.15. The summed E-state index contributed by atoms with van der Waals surface area (Å²) in [5.41, 5.74) is 1.09. The van der Waals surface area contributed by atoms with Gasteiger partial charge in [0.15, 0.2) is 0 Å². The van der Waals surface area contributed by atoms with Gasteiger partial charge in [0.05, 0.1) is 12.3 Å². The van der Waals surface area contributed by atoms with Crippen molar-refractivity contribution in [3.05, 3.63) is 23.9 Å². The third-order valence-corrected chi connectivity index (χ3v) is 3.18. The topological polar surface area (TPSA) is 46.6 Å². The highest BCUT2D eigenvalue weighted by Gasteiger charge is 2.07. The normalized spacial score (nSPS) is 11.0. The van der Waals surface area contributed by atoms with Crippen molar-refractivity contribution >= 4 is 5.82 Å². The van der Waals surface area contributed by atoms with E-state index >= 15 is 0 Å². The first-order valence-corrected chi connectivity index (χ1v) is 7.70. The molecule has 1 N–H and O–H groups in total. The molecule has 0 aliphatic carbocycles. The maximum absolute atomic E-state index is 5.19. The van der Waals surface area contributed by atoms with Crippen molar-refractivity contribution in [2.75, 3.05) is 52.4 Å². The van der Waals surface area contributed by atoms with Crippen LogP contribution < -0.4 is 5.32 Å². The molecule has 1 heterocycles. The Balaban J connectivity index is 2.54. The van der Waals surface area contributed by atoms with Crippen LogP contribution in [0.25, 0.3) is 0 Å². The molecule has 0 radical (unpaired) electrons. The summed E-state index contributed by atoms with van der Waals surface area (Å²) >= 11 is 0. The largest absolute Gasteiger partial charge is 0.385 e. The third kappa shape index (κ3) is 7.99. The second kappa shape index (κ2) is 11.5. The first-order chi connectivity index (χ1) is 10.3. The van der Waals surface area contributed by atoms with Crippen LogP contribution in [0.4, 0.5) is 5.82 Å². The summed E-state index contributed by atoms with van der Waals surface area (Å²) in [6.07, 6.45) is 2.12. The molecule has 0 amide bonds. The smallest absolute Gasteiger partial charge is 0.126 e. The number of pyridine rings is 1. The Labute approximate surface area is 128 Å². The number of ether oxygens (including phenoxy) is 2. The molecule has 1 aromatic rings. The van der Waals surface area contributed by atoms with Gasteiger partial charge < -0.3 is 14.8 Å². The molecule has 0 unspecified atom stereocenters. The van der Waals surface area contributed by atoms with Crippen LogP contribution in [-0.2, 0) is 16.0 Å². The molecular weight excluding hydrogens is 266 g/mol. The number of anilines is 1. The van der Waals surface area contributed by atoms with Crippen LogP contribution in [0.5, 0.6) is 0 Å². The molecule has 0 saturated carbocycles. The highest BCUT2D eigenvalue weighted by Crippen LogP contribution is 2.08. The molecule has 1 aromatic heterocycles. The van der Waals surface area contributed by atoms with E-state index in [1.54, 1.807) is 14.2 Å². The van der Waals surface area contributed by atoms with E-state index in [0.717, 1.165) is 63.7 Å². The van der Waals surface area contributed by atoms with Crippen molar-refractivity contribution < 1.29 is 9.47 Å². The molecule has 21 heavy (non-hydrogen) atoms. The Hall–Kier alpha value is -1.17. The molecule has 0 aliphatic heterocycles. The van der Waals surface area contributed by atoms with E-state index in [2.05, 4.69) is 34.3 Å². The van der Waals surface area contributed by atoms with E-state index < -0.39 is 0 Å². The van der Waals surface area contributed by atoms with Crippen LogP contribution in [0.3, 0.4) is 0 Å². The van der Waals surface area contributed by atoms with Crippen LogP contribution in [0.2, 0.25) is 0 Å². The minimum atomic E-state index is 0.737. The van der Waals surface area contributed by atoms with Crippen molar-refractivity contribution in [1.82, 2.24) is 9.88 Å². The first-order valence-electron chi connectivity index (χ1n) is 7.70. The maximum Gasteiger partial charge on any atom is 0.126 e. The molecule has 0 atom stereocenters. The minimum Gasteiger partial charge on any atom is -0.385 e. The predicted molar refractivity (Wildman–Crippen MR) is 86.7 cm³/mol. The summed E-state index contributed by atoms with van der Waals surface area (Å²) in [5.74, 6) is 0.956. The van der Waals surface area contributed by atoms with Gasteiger partial charge >= 0.3 is 0 Å². The quantitative estimate of drug-likeness (QED) is 0.600. The van der Waals surface area contributed by atoms with Crippen molar-refractivity contribution in [2.24, 2.45) is 0 Å². The molecule has 5 heteroatoms. The van der Waals surface area contributed by atoms with Crippen molar-refractivity contribution in [1.29, 1.82) is 0 Å². The molecule has 120 valence electrons. The zero-order valence-corrected chi connectivity index (χ0v) is 13.6. The molecule has 0 aromatic carbocycles. The summed E-state index contributed by atoms with van der Waals surface area (Å²) in [6.45, 7) is 7.38. The Morgan fingerprint density at radius 2 is 1.95 bits per heavy atom. The van der Waals surface area contributed by atoms with Crippen LogP contribution in [0.15, 0.2) is 18.2 Å². The Kier molecular flexibility index (Phi) is 9.78. The van der Waals surface area contributed by atoms with Gasteiger partial charge in [-0.2, -0.15) is 0 Å². The highest BCUT2D eigenvalue weighted by atomic mass is 16.5. The van der Waals surface area contributed by atoms with Gasteiger partial charge in [-0.1, -0.05) is 13.0 Å². The summed E-state index contributed by atoms with van der Waals surface area (Å²) in [5, 5.41) is 3.33. The molecule has 0 spiro atoms. The Bertz CT molecular complexity index is 374. The zero-order valence-electron chi connectivity index (χ0n) is 13.6. The number of hydrogen-bond acceptors (Lipinski definition) is 5. The summed E-state index contributed by atoms with van der Waals surface area (Å²) < 4.78 is 10.3. The summed E-state index contributed by atoms with van der Waals surface area (Å²) in [4.78, 5) is 7.02. The maximum atomic E-state index is 5.19. The SMILES string of the molecule is CCCNc1cccc(CN(CCCOC)CCOC)n1. The van der Waals surface area contributed by atoms with Gasteiger partial charge in [-0.25, -0.2) is 4.98 Å². The third-order valence-electron chi connectivity index (χ3n) is 3.18. The monoisotopic (exact) mass is 295 g/mol. The highest BCUT2D eigenvalue weighted by molar-refractivity contribution is 5.35. The van der Waals surface area contributed by atoms with Gasteiger partial charge in [0.2, 0.25) is 0 Å². The van der Waals surface area contributed by atoms with Gasteiger partial charge in [0.1, 0.15) is 5.82 Å². The fourth-order valence-corrected chi connectivity index (χ4v) is 2.07. The lowest BCUT2D eigenvalue weighted by Gasteiger charge is -2.21. The second-order valence-corrected chi connectivity index (χ2v) is 5.06. The number of aromatic nitrogens is 1. The van der Waals surface area contributed by atoms with Gasteiger partial charge in [-0.15, -0.1) is 0 Å². The lowest BCUT2D eigenvalue weighted by atomic mass is 10.3. The standard InChI is InChI=1S/C16H29N3O2/c1-4-9-17-16-8-5-7-15(18-16)14-19(11-13-21-3)10-6-12-20-2/h5,7-8H,4,6,9-14H2,1-3H3,(H,17,18). The molecule has 5 nitrogen and oxygen atoms in total. The lowest BCUT2D eigenvalue weighted by Crippen LogP contribution is -2.29. The second-order valence-electron chi connectivity index (χ2n) is 5.06. The first kappa shape index (κ1) is 17.9. The number of methoxy groups -OCH3 is 2. The molecule has 0 saturated heterocycles. The molecule has 0 fully saturated rings. The Morgan fingerprint density at radius 3 is 2.67 bits per heavy atom. The number of rotatable bonds is 12. The minimum absolute atomic E-state index is 0.737. The number of hydrogen-bond donors (Lipinski definition) is 1. The van der Waals surface area contributed by atoms with Crippen molar-refractivity contribution in [3.63, 3.8) is 0 Å². The van der Waals surface area contributed by atoms with Crippen molar-refractivity contribution in [2.45, 2.75) is 26.3 Å². The van der Waals surface area contributed by atoms with E-state index in [1.165, 1.54) is 0 Å².